The van der Waals surface area contributed by atoms with Gasteiger partial charge in [-0.25, -0.2) is 4.98 Å². The van der Waals surface area contributed by atoms with Gasteiger partial charge in [-0.3, -0.25) is 0 Å². The van der Waals surface area contributed by atoms with Crippen molar-refractivity contribution >= 4 is 42.6 Å². The van der Waals surface area contributed by atoms with Crippen LogP contribution in [0.15, 0.2) is 63.7 Å². The molecule has 0 aliphatic rings. The molecule has 0 saturated heterocycles. The summed E-state index contributed by atoms with van der Waals surface area (Å²) in [5.41, 5.74) is 0. The maximum absolute atomic E-state index is 5.81. The van der Waals surface area contributed by atoms with Gasteiger partial charge in [0.05, 0.1) is 4.47 Å². The predicted octanol–water partition coefficient (Wildman–Crippen LogP) is 5.55. The molecule has 0 amide bonds. The van der Waals surface area contributed by atoms with E-state index in [1.54, 1.807) is 0 Å². The van der Waals surface area contributed by atoms with E-state index in [1.807, 2.05) is 42.5 Å². The lowest BCUT2D eigenvalue weighted by atomic mass is 10.1. The third-order valence-electron chi connectivity index (χ3n) is 2.73. The van der Waals surface area contributed by atoms with E-state index in [9.17, 15) is 0 Å². The van der Waals surface area contributed by atoms with Crippen LogP contribution in [0.2, 0.25) is 0 Å². The maximum atomic E-state index is 5.81. The second kappa shape index (κ2) is 5.31. The van der Waals surface area contributed by atoms with E-state index < -0.39 is 0 Å². The molecular weight excluding hydrogens is 370 g/mol. The molecular formula is C15H9Br2NO. The summed E-state index contributed by atoms with van der Waals surface area (Å²) >= 11 is 6.92. The largest absolute Gasteiger partial charge is 0.438 e. The van der Waals surface area contributed by atoms with Crippen LogP contribution in [0.25, 0.3) is 10.8 Å². The highest BCUT2D eigenvalue weighted by Gasteiger charge is 2.07. The van der Waals surface area contributed by atoms with Crippen LogP contribution >= 0.6 is 31.9 Å². The lowest BCUT2D eigenvalue weighted by Gasteiger charge is -2.09. The topological polar surface area (TPSA) is 22.1 Å². The summed E-state index contributed by atoms with van der Waals surface area (Å²) < 4.78 is 7.50. The molecule has 19 heavy (non-hydrogen) atoms. The molecule has 1 aromatic heterocycles. The number of halogens is 2. The third kappa shape index (κ3) is 2.65. The van der Waals surface area contributed by atoms with E-state index >= 15 is 0 Å². The molecule has 0 fully saturated rings. The summed E-state index contributed by atoms with van der Waals surface area (Å²) in [5, 5.41) is 2.29. The van der Waals surface area contributed by atoms with Crippen molar-refractivity contribution in [3.63, 3.8) is 0 Å². The van der Waals surface area contributed by atoms with Gasteiger partial charge in [0, 0.05) is 6.07 Å². The van der Waals surface area contributed by atoms with Gasteiger partial charge in [0.2, 0.25) is 5.88 Å². The molecule has 2 aromatic carbocycles. The Bertz CT molecular complexity index is 743. The molecule has 0 N–H and O–H groups in total. The lowest BCUT2D eigenvalue weighted by Crippen LogP contribution is -1.89. The Hall–Kier alpha value is -1.39. The minimum atomic E-state index is 0.561. The van der Waals surface area contributed by atoms with Crippen molar-refractivity contribution in [2.75, 3.05) is 0 Å². The first-order valence-electron chi connectivity index (χ1n) is 5.72. The Labute approximate surface area is 127 Å². The summed E-state index contributed by atoms with van der Waals surface area (Å²) in [6.07, 6.45) is 0. The van der Waals surface area contributed by atoms with Gasteiger partial charge in [-0.15, -0.1) is 0 Å². The van der Waals surface area contributed by atoms with Gasteiger partial charge in [-0.05, 0) is 54.8 Å². The van der Waals surface area contributed by atoms with Gasteiger partial charge in [0.1, 0.15) is 10.4 Å². The van der Waals surface area contributed by atoms with Crippen LogP contribution in [-0.4, -0.2) is 4.98 Å². The standard InChI is InChI=1S/C15H9Br2NO/c16-13-6-3-7-14(18-13)19-12-9-8-10-4-1-2-5-11(10)15(12)17/h1-9H. The van der Waals surface area contributed by atoms with Crippen molar-refractivity contribution in [1.29, 1.82) is 0 Å². The van der Waals surface area contributed by atoms with Crippen LogP contribution < -0.4 is 4.74 Å². The van der Waals surface area contributed by atoms with Crippen LogP contribution in [-0.2, 0) is 0 Å². The number of rotatable bonds is 2. The van der Waals surface area contributed by atoms with Gasteiger partial charge < -0.3 is 4.74 Å². The van der Waals surface area contributed by atoms with E-state index in [4.69, 9.17) is 4.74 Å². The predicted molar refractivity (Wildman–Crippen MR) is 83.7 cm³/mol. The molecule has 4 heteroatoms. The molecule has 0 bridgehead atoms. The van der Waals surface area contributed by atoms with Gasteiger partial charge in [0.25, 0.3) is 0 Å². The molecule has 0 unspecified atom stereocenters. The summed E-state index contributed by atoms with van der Waals surface area (Å²) in [7, 11) is 0. The van der Waals surface area contributed by atoms with Gasteiger partial charge in [-0.2, -0.15) is 0 Å². The molecule has 0 spiro atoms. The SMILES string of the molecule is Brc1cccc(Oc2ccc3ccccc3c2Br)n1. The summed E-state index contributed by atoms with van der Waals surface area (Å²) in [5.74, 6) is 1.31. The summed E-state index contributed by atoms with van der Waals surface area (Å²) in [4.78, 5) is 4.26. The minimum absolute atomic E-state index is 0.561. The van der Waals surface area contributed by atoms with Gasteiger partial charge in [-0.1, -0.05) is 36.4 Å². The van der Waals surface area contributed by atoms with E-state index in [2.05, 4.69) is 49.0 Å². The number of nitrogens with zero attached hydrogens (tertiary/aromatic N) is 1. The zero-order valence-electron chi connectivity index (χ0n) is 9.81. The Kier molecular flexibility index (Phi) is 3.53. The number of hydrogen-bond donors (Lipinski definition) is 0. The summed E-state index contributed by atoms with van der Waals surface area (Å²) in [6.45, 7) is 0. The van der Waals surface area contributed by atoms with Crippen LogP contribution in [0, 0.1) is 0 Å². The second-order valence-electron chi connectivity index (χ2n) is 4.00. The highest BCUT2D eigenvalue weighted by molar-refractivity contribution is 9.11. The zero-order chi connectivity index (χ0) is 13.2. The van der Waals surface area contributed by atoms with Crippen molar-refractivity contribution in [2.24, 2.45) is 0 Å². The van der Waals surface area contributed by atoms with Crippen molar-refractivity contribution in [3.8, 4) is 11.6 Å². The first-order chi connectivity index (χ1) is 9.24. The number of fused-ring (bicyclic) bond motifs is 1. The van der Waals surface area contributed by atoms with Gasteiger partial charge in [0.15, 0.2) is 0 Å². The van der Waals surface area contributed by atoms with Gasteiger partial charge >= 0.3 is 0 Å². The first kappa shape index (κ1) is 12.6. The molecule has 2 nitrogen and oxygen atoms in total. The zero-order valence-corrected chi connectivity index (χ0v) is 13.0. The number of ether oxygens (including phenoxy) is 1. The summed E-state index contributed by atoms with van der Waals surface area (Å²) in [6, 6.07) is 17.7. The number of pyridine rings is 1. The van der Waals surface area contributed by atoms with E-state index in [-0.39, 0.29) is 0 Å². The fourth-order valence-electron chi connectivity index (χ4n) is 1.85. The van der Waals surface area contributed by atoms with Crippen molar-refractivity contribution in [3.05, 3.63) is 63.7 Å². The maximum Gasteiger partial charge on any atom is 0.220 e. The smallest absolute Gasteiger partial charge is 0.220 e. The highest BCUT2D eigenvalue weighted by Crippen LogP contribution is 2.35. The molecule has 0 aliphatic heterocycles. The minimum Gasteiger partial charge on any atom is -0.438 e. The Balaban J connectivity index is 2.04. The molecule has 3 aromatic rings. The molecule has 0 atom stereocenters. The first-order valence-corrected chi connectivity index (χ1v) is 7.30. The molecule has 1 heterocycles. The van der Waals surface area contributed by atoms with Crippen molar-refractivity contribution < 1.29 is 4.74 Å². The van der Waals surface area contributed by atoms with Crippen molar-refractivity contribution in [2.45, 2.75) is 0 Å². The molecule has 0 radical (unpaired) electrons. The van der Waals surface area contributed by atoms with E-state index in [0.29, 0.717) is 5.88 Å². The molecule has 0 saturated carbocycles. The Morgan fingerprint density at radius 3 is 2.53 bits per heavy atom. The lowest BCUT2D eigenvalue weighted by molar-refractivity contribution is 0.460. The van der Waals surface area contributed by atoms with E-state index in [1.165, 1.54) is 5.39 Å². The quantitative estimate of drug-likeness (QED) is 0.545. The molecule has 94 valence electrons. The van der Waals surface area contributed by atoms with Crippen molar-refractivity contribution in [1.82, 2.24) is 4.98 Å². The number of aromatic nitrogens is 1. The van der Waals surface area contributed by atoms with Crippen LogP contribution in [0.1, 0.15) is 0 Å². The average molecular weight is 379 g/mol. The molecule has 0 aliphatic carbocycles. The average Bonchev–Trinajstić information content (AvgIpc) is 2.42. The number of hydrogen-bond acceptors (Lipinski definition) is 2. The van der Waals surface area contributed by atoms with Crippen LogP contribution in [0.4, 0.5) is 0 Å². The Morgan fingerprint density at radius 1 is 0.842 bits per heavy atom. The van der Waals surface area contributed by atoms with Crippen LogP contribution in [0.3, 0.4) is 0 Å². The highest BCUT2D eigenvalue weighted by atomic mass is 79.9. The fourth-order valence-corrected chi connectivity index (χ4v) is 2.75. The van der Waals surface area contributed by atoms with Crippen LogP contribution in [0.5, 0.6) is 11.6 Å². The second-order valence-corrected chi connectivity index (χ2v) is 5.60. The molecule has 3 rings (SSSR count). The Morgan fingerprint density at radius 2 is 1.68 bits per heavy atom. The third-order valence-corrected chi connectivity index (χ3v) is 3.99. The fraction of sp³-hybridized carbons (Fsp3) is 0. The normalized spacial score (nSPS) is 10.6. The monoisotopic (exact) mass is 377 g/mol. The van der Waals surface area contributed by atoms with E-state index in [0.717, 1.165) is 20.2 Å². The number of benzene rings is 2.